The van der Waals surface area contributed by atoms with Crippen molar-refractivity contribution in [3.05, 3.63) is 23.8 Å². The van der Waals surface area contributed by atoms with Gasteiger partial charge in [-0.1, -0.05) is 65.4 Å². The van der Waals surface area contributed by atoms with Gasteiger partial charge in [0.15, 0.2) is 11.5 Å². The van der Waals surface area contributed by atoms with E-state index in [1.165, 1.54) is 7.11 Å². The zero-order valence-electron chi connectivity index (χ0n) is 25.5. The Labute approximate surface area is 244 Å². The highest BCUT2D eigenvalue weighted by Crippen LogP contribution is 2.30. The molecule has 0 fully saturated rings. The number of esters is 3. The number of hydrogen-bond acceptors (Lipinski definition) is 10. The second-order valence-corrected chi connectivity index (χ2v) is 10.1. The second kappa shape index (κ2) is 21.6. The zero-order chi connectivity index (χ0) is 30.5. The Hall–Kier alpha value is -3.14. The molecular formula is C31H49NO9. The minimum atomic E-state index is -0.776. The quantitative estimate of drug-likeness (QED) is 0.104. The molecule has 0 bridgehead atoms. The van der Waals surface area contributed by atoms with Crippen LogP contribution in [0.25, 0.3) is 0 Å². The van der Waals surface area contributed by atoms with Gasteiger partial charge < -0.3 is 29.0 Å². The highest BCUT2D eigenvalue weighted by Gasteiger charge is 2.23. The van der Waals surface area contributed by atoms with Crippen LogP contribution in [0.5, 0.6) is 11.5 Å². The van der Waals surface area contributed by atoms with Crippen molar-refractivity contribution in [3.8, 4) is 11.5 Å². The number of carbonyl (C=O) groups excluding carboxylic acids is 4. The largest absolute Gasteiger partial charge is 0.508 e. The van der Waals surface area contributed by atoms with Crippen LogP contribution in [0.15, 0.2) is 18.2 Å². The molecule has 0 aliphatic carbocycles. The zero-order valence-corrected chi connectivity index (χ0v) is 25.5. The van der Waals surface area contributed by atoms with Gasteiger partial charge in [-0.3, -0.25) is 14.4 Å². The first-order valence-corrected chi connectivity index (χ1v) is 14.9. The normalized spacial score (nSPS) is 12.2. The van der Waals surface area contributed by atoms with Gasteiger partial charge in [0.1, 0.15) is 12.1 Å². The van der Waals surface area contributed by atoms with Crippen molar-refractivity contribution < 1.29 is 42.9 Å². The van der Waals surface area contributed by atoms with Crippen LogP contribution in [0.2, 0.25) is 0 Å². The van der Waals surface area contributed by atoms with Gasteiger partial charge in [0.05, 0.1) is 13.7 Å². The first-order chi connectivity index (χ1) is 19.7. The smallest absolute Gasteiger partial charge is 0.468 e. The van der Waals surface area contributed by atoms with Gasteiger partial charge >= 0.3 is 24.1 Å². The van der Waals surface area contributed by atoms with Crippen molar-refractivity contribution in [2.75, 3.05) is 20.3 Å². The molecule has 41 heavy (non-hydrogen) atoms. The number of rotatable bonds is 21. The summed E-state index contributed by atoms with van der Waals surface area (Å²) in [5, 5.41) is 3.07. The number of benzene rings is 1. The van der Waals surface area contributed by atoms with Crippen molar-refractivity contribution in [1.82, 2.24) is 5.32 Å². The Kier molecular flexibility index (Phi) is 18.9. The minimum Gasteiger partial charge on any atom is -0.468 e. The summed E-state index contributed by atoms with van der Waals surface area (Å²) in [5.41, 5.74) is 0.652. The highest BCUT2D eigenvalue weighted by atomic mass is 16.7. The maximum Gasteiger partial charge on any atom is 0.508 e. The second-order valence-electron chi connectivity index (χ2n) is 10.1. The van der Waals surface area contributed by atoms with Gasteiger partial charge in [-0.25, -0.2) is 4.79 Å². The lowest BCUT2D eigenvalue weighted by atomic mass is 10.0. The summed E-state index contributed by atoms with van der Waals surface area (Å²) in [6.45, 7) is 8.32. The molecule has 0 spiro atoms. The Bertz CT molecular complexity index is 934. The Morgan fingerprint density at radius 2 is 1.39 bits per heavy atom. The third kappa shape index (κ3) is 16.0. The van der Waals surface area contributed by atoms with E-state index < -0.39 is 36.2 Å². The molecule has 232 valence electrons. The summed E-state index contributed by atoms with van der Waals surface area (Å²) >= 11 is 0. The van der Waals surface area contributed by atoms with Gasteiger partial charge in [0, 0.05) is 19.4 Å². The molecule has 0 amide bonds. The van der Waals surface area contributed by atoms with E-state index in [0.29, 0.717) is 25.0 Å². The summed E-state index contributed by atoms with van der Waals surface area (Å²) in [5.74, 6) is -1.06. The molecule has 0 aromatic heterocycles. The molecule has 0 radical (unpaired) electrons. The standard InChI is InChI=1S/C31H49NO9/c1-6-9-12-15-28(33)40-26-18-17-24(21-27(26)41-29(34)16-13-10-7-2)20-25(30(35)37-5)32-22-23(4)39-31(36)38-19-14-11-8-3/h17-18,21,23,25,32H,6-16,19-20,22H2,1-5H3/t23?,25-/m0/s1. The van der Waals surface area contributed by atoms with Gasteiger partial charge in [-0.2, -0.15) is 0 Å². The van der Waals surface area contributed by atoms with E-state index in [2.05, 4.69) is 12.2 Å². The summed E-state index contributed by atoms with van der Waals surface area (Å²) in [7, 11) is 1.29. The first-order valence-electron chi connectivity index (χ1n) is 14.9. The molecular weight excluding hydrogens is 530 g/mol. The average molecular weight is 580 g/mol. The molecule has 2 atom stereocenters. The van der Waals surface area contributed by atoms with Crippen LogP contribution in [0.1, 0.15) is 104 Å². The van der Waals surface area contributed by atoms with E-state index in [9.17, 15) is 19.2 Å². The van der Waals surface area contributed by atoms with E-state index in [0.717, 1.165) is 44.9 Å². The summed E-state index contributed by atoms with van der Waals surface area (Å²) < 4.78 is 26.4. The van der Waals surface area contributed by atoms with Crippen molar-refractivity contribution >= 4 is 24.1 Å². The van der Waals surface area contributed by atoms with Crippen LogP contribution in [-0.4, -0.2) is 56.5 Å². The maximum absolute atomic E-state index is 12.5. The van der Waals surface area contributed by atoms with Crippen LogP contribution in [0.3, 0.4) is 0 Å². The van der Waals surface area contributed by atoms with E-state index in [1.54, 1.807) is 25.1 Å². The monoisotopic (exact) mass is 579 g/mol. The van der Waals surface area contributed by atoms with E-state index in [4.69, 9.17) is 23.7 Å². The fraction of sp³-hybridized carbons (Fsp3) is 0.677. The maximum atomic E-state index is 12.5. The van der Waals surface area contributed by atoms with E-state index in [-0.39, 0.29) is 37.3 Å². The van der Waals surface area contributed by atoms with Crippen LogP contribution >= 0.6 is 0 Å². The van der Waals surface area contributed by atoms with Crippen molar-refractivity contribution in [2.24, 2.45) is 0 Å². The number of unbranched alkanes of at least 4 members (excludes halogenated alkanes) is 6. The molecule has 0 saturated carbocycles. The highest BCUT2D eigenvalue weighted by molar-refractivity contribution is 5.77. The predicted octanol–water partition coefficient (Wildman–Crippen LogP) is 6.06. The van der Waals surface area contributed by atoms with Gasteiger partial charge in [-0.15, -0.1) is 0 Å². The SMILES string of the molecule is CCCCCOC(=O)OC(C)CN[C@@H](Cc1ccc(OC(=O)CCCCC)c(OC(=O)CCCCC)c1)C(=O)OC. The van der Waals surface area contributed by atoms with Crippen LogP contribution < -0.4 is 14.8 Å². The summed E-state index contributed by atoms with van der Waals surface area (Å²) in [6.07, 6.45) is 7.31. The number of nitrogens with one attached hydrogen (secondary N) is 1. The molecule has 10 heteroatoms. The van der Waals surface area contributed by atoms with Gasteiger partial charge in [-0.05, 0) is 50.3 Å². The molecule has 1 unspecified atom stereocenters. The summed E-state index contributed by atoms with van der Waals surface area (Å²) in [4.78, 5) is 49.3. The topological polar surface area (TPSA) is 126 Å². The molecule has 10 nitrogen and oxygen atoms in total. The van der Waals surface area contributed by atoms with Gasteiger partial charge in [0.25, 0.3) is 0 Å². The Morgan fingerprint density at radius 3 is 1.98 bits per heavy atom. The summed E-state index contributed by atoms with van der Waals surface area (Å²) in [6, 6.07) is 4.09. The average Bonchev–Trinajstić information content (AvgIpc) is 2.94. The molecule has 1 aromatic carbocycles. The number of ether oxygens (including phenoxy) is 5. The molecule has 0 aliphatic heterocycles. The number of hydrogen-bond donors (Lipinski definition) is 1. The fourth-order valence-corrected chi connectivity index (χ4v) is 3.90. The van der Waals surface area contributed by atoms with Crippen molar-refractivity contribution in [1.29, 1.82) is 0 Å². The molecule has 0 aliphatic rings. The van der Waals surface area contributed by atoms with E-state index in [1.807, 2.05) is 13.8 Å². The molecule has 1 aromatic rings. The van der Waals surface area contributed by atoms with Gasteiger partial charge in [0.2, 0.25) is 0 Å². The third-order valence-electron chi connectivity index (χ3n) is 6.27. The predicted molar refractivity (Wildman–Crippen MR) is 155 cm³/mol. The minimum absolute atomic E-state index is 0.124. The number of methoxy groups -OCH3 is 1. The Balaban J connectivity index is 2.93. The third-order valence-corrected chi connectivity index (χ3v) is 6.27. The van der Waals surface area contributed by atoms with E-state index >= 15 is 0 Å². The first kappa shape index (κ1) is 35.9. The Morgan fingerprint density at radius 1 is 0.805 bits per heavy atom. The van der Waals surface area contributed by atoms with Crippen molar-refractivity contribution in [3.63, 3.8) is 0 Å². The van der Waals surface area contributed by atoms with Crippen molar-refractivity contribution in [2.45, 2.75) is 117 Å². The molecule has 0 heterocycles. The van der Waals surface area contributed by atoms with Crippen LogP contribution in [0, 0.1) is 0 Å². The fourth-order valence-electron chi connectivity index (χ4n) is 3.90. The molecule has 1 N–H and O–H groups in total. The lowest BCUT2D eigenvalue weighted by molar-refractivity contribution is -0.143. The lowest BCUT2D eigenvalue weighted by Gasteiger charge is -2.20. The number of carbonyl (C=O) groups is 4. The molecule has 1 rings (SSSR count). The van der Waals surface area contributed by atoms with Crippen LogP contribution in [-0.2, 0) is 35.0 Å². The lowest BCUT2D eigenvalue weighted by Crippen LogP contribution is -2.43. The molecule has 0 saturated heterocycles. The van der Waals surface area contributed by atoms with Crippen LogP contribution in [0.4, 0.5) is 4.79 Å².